The number of hydrogen-bond donors (Lipinski definition) is 2. The Labute approximate surface area is 136 Å². The second-order valence-corrected chi connectivity index (χ2v) is 5.85. The minimum absolute atomic E-state index is 0.790. The van der Waals surface area contributed by atoms with Crippen molar-refractivity contribution >= 4 is 5.96 Å². The molecule has 0 amide bonds. The number of hydrogen-bond acceptors (Lipinski definition) is 3. The van der Waals surface area contributed by atoms with Gasteiger partial charge in [-0.25, -0.2) is 0 Å². The molecule has 1 aliphatic heterocycles. The third-order valence-corrected chi connectivity index (χ3v) is 3.91. The Balaban J connectivity index is 2.12. The molecule has 0 aromatic carbocycles. The maximum Gasteiger partial charge on any atom is 0.191 e. The number of guanidine groups is 1. The molecule has 0 spiro atoms. The van der Waals surface area contributed by atoms with Gasteiger partial charge < -0.3 is 20.3 Å². The highest BCUT2D eigenvalue weighted by molar-refractivity contribution is 5.79. The molecule has 1 rings (SSSR count). The number of nitrogens with zero attached hydrogens (tertiary/aromatic N) is 2. The summed E-state index contributed by atoms with van der Waals surface area (Å²) in [5.74, 6) is 0.940. The van der Waals surface area contributed by atoms with Crippen molar-refractivity contribution in [3.63, 3.8) is 0 Å². The molecule has 130 valence electrons. The zero-order valence-electron chi connectivity index (χ0n) is 14.7. The summed E-state index contributed by atoms with van der Waals surface area (Å²) in [4.78, 5) is 7.20. The number of rotatable bonds is 10. The summed E-state index contributed by atoms with van der Waals surface area (Å²) < 4.78 is 5.34. The molecule has 1 aliphatic rings. The van der Waals surface area contributed by atoms with Gasteiger partial charge in [-0.1, -0.05) is 12.8 Å². The van der Waals surface area contributed by atoms with Gasteiger partial charge in [-0.15, -0.1) is 0 Å². The SMILES string of the molecule is CCNC(=NCCCOCC)NCCCN1CCCCCC1. The van der Waals surface area contributed by atoms with Gasteiger partial charge in [0.2, 0.25) is 0 Å². The van der Waals surface area contributed by atoms with E-state index in [2.05, 4.69) is 27.4 Å². The Morgan fingerprint density at radius 3 is 2.50 bits per heavy atom. The van der Waals surface area contributed by atoms with Gasteiger partial charge in [0.05, 0.1) is 0 Å². The summed E-state index contributed by atoms with van der Waals surface area (Å²) in [6.45, 7) is 12.2. The average Bonchev–Trinajstić information content (AvgIpc) is 2.80. The van der Waals surface area contributed by atoms with Crippen molar-refractivity contribution in [3.05, 3.63) is 0 Å². The first-order chi connectivity index (χ1) is 10.9. The van der Waals surface area contributed by atoms with Gasteiger partial charge in [0.15, 0.2) is 5.96 Å². The minimum Gasteiger partial charge on any atom is -0.382 e. The smallest absolute Gasteiger partial charge is 0.191 e. The van der Waals surface area contributed by atoms with Crippen molar-refractivity contribution in [3.8, 4) is 0 Å². The van der Waals surface area contributed by atoms with Crippen LogP contribution in [-0.2, 0) is 4.74 Å². The van der Waals surface area contributed by atoms with Crippen molar-refractivity contribution in [1.82, 2.24) is 15.5 Å². The lowest BCUT2D eigenvalue weighted by molar-refractivity contribution is 0.146. The van der Waals surface area contributed by atoms with Crippen molar-refractivity contribution in [1.29, 1.82) is 0 Å². The second kappa shape index (κ2) is 13.8. The van der Waals surface area contributed by atoms with Crippen LogP contribution in [0.2, 0.25) is 0 Å². The molecule has 0 aliphatic carbocycles. The van der Waals surface area contributed by atoms with Crippen LogP contribution in [0.5, 0.6) is 0 Å². The van der Waals surface area contributed by atoms with Crippen LogP contribution in [0, 0.1) is 0 Å². The molecule has 22 heavy (non-hydrogen) atoms. The molecule has 0 bridgehead atoms. The van der Waals surface area contributed by atoms with E-state index in [9.17, 15) is 0 Å². The Hall–Kier alpha value is -0.810. The van der Waals surface area contributed by atoms with E-state index in [1.165, 1.54) is 51.7 Å². The molecule has 5 heteroatoms. The fraction of sp³-hybridized carbons (Fsp3) is 0.941. The van der Waals surface area contributed by atoms with Crippen LogP contribution in [0.1, 0.15) is 52.4 Å². The molecule has 0 aromatic heterocycles. The third-order valence-electron chi connectivity index (χ3n) is 3.91. The third kappa shape index (κ3) is 10.0. The summed E-state index contributed by atoms with van der Waals surface area (Å²) >= 11 is 0. The van der Waals surface area contributed by atoms with Crippen molar-refractivity contribution in [2.45, 2.75) is 52.4 Å². The fourth-order valence-electron chi connectivity index (χ4n) is 2.71. The summed E-state index contributed by atoms with van der Waals surface area (Å²) in [6.07, 6.45) is 7.73. The molecule has 1 saturated heterocycles. The summed E-state index contributed by atoms with van der Waals surface area (Å²) in [7, 11) is 0. The van der Waals surface area contributed by atoms with Gasteiger partial charge in [0, 0.05) is 32.8 Å². The molecule has 0 radical (unpaired) electrons. The van der Waals surface area contributed by atoms with E-state index in [-0.39, 0.29) is 0 Å². The van der Waals surface area contributed by atoms with Crippen LogP contribution in [0.3, 0.4) is 0 Å². The predicted octanol–water partition coefficient (Wildman–Crippen LogP) is 2.23. The zero-order valence-corrected chi connectivity index (χ0v) is 14.7. The molecule has 0 saturated carbocycles. The summed E-state index contributed by atoms with van der Waals surface area (Å²) in [5, 5.41) is 6.74. The lowest BCUT2D eigenvalue weighted by Crippen LogP contribution is -2.39. The van der Waals surface area contributed by atoms with Crippen molar-refractivity contribution in [2.75, 3.05) is 52.5 Å². The van der Waals surface area contributed by atoms with Crippen LogP contribution in [0.15, 0.2) is 4.99 Å². The number of ether oxygens (including phenoxy) is 1. The van der Waals surface area contributed by atoms with Crippen LogP contribution < -0.4 is 10.6 Å². The van der Waals surface area contributed by atoms with Gasteiger partial charge in [-0.3, -0.25) is 4.99 Å². The second-order valence-electron chi connectivity index (χ2n) is 5.85. The molecule has 0 unspecified atom stereocenters. The Bertz CT molecular complexity index is 276. The first kappa shape index (κ1) is 19.2. The van der Waals surface area contributed by atoms with E-state index < -0.39 is 0 Å². The normalized spacial score (nSPS) is 17.3. The van der Waals surface area contributed by atoms with Gasteiger partial charge >= 0.3 is 0 Å². The molecular formula is C17H36N4O. The van der Waals surface area contributed by atoms with Crippen LogP contribution in [0.4, 0.5) is 0 Å². The average molecular weight is 313 g/mol. The molecule has 5 nitrogen and oxygen atoms in total. The Kier molecular flexibility index (Phi) is 12.1. The van der Waals surface area contributed by atoms with E-state index in [0.717, 1.165) is 45.2 Å². The molecule has 1 fully saturated rings. The zero-order chi connectivity index (χ0) is 15.9. The molecule has 2 N–H and O–H groups in total. The fourth-order valence-corrected chi connectivity index (χ4v) is 2.71. The van der Waals surface area contributed by atoms with Crippen LogP contribution >= 0.6 is 0 Å². The standard InChI is InChI=1S/C17H36N4O/c1-3-18-17(20-12-10-16-22-4-2)19-11-9-15-21-13-7-5-6-8-14-21/h3-16H2,1-2H3,(H2,18,19,20). The predicted molar refractivity (Wildman–Crippen MR) is 94.6 cm³/mol. The maximum absolute atomic E-state index is 5.34. The Morgan fingerprint density at radius 1 is 1.05 bits per heavy atom. The molecule has 0 aromatic rings. The van der Waals surface area contributed by atoms with E-state index in [4.69, 9.17) is 4.74 Å². The Morgan fingerprint density at radius 2 is 1.82 bits per heavy atom. The topological polar surface area (TPSA) is 48.9 Å². The molecule has 1 heterocycles. The van der Waals surface area contributed by atoms with Gasteiger partial charge in [-0.2, -0.15) is 0 Å². The summed E-state index contributed by atoms with van der Waals surface area (Å²) in [6, 6.07) is 0. The van der Waals surface area contributed by atoms with Gasteiger partial charge in [-0.05, 0) is 59.2 Å². The molecular weight excluding hydrogens is 276 g/mol. The highest BCUT2D eigenvalue weighted by Crippen LogP contribution is 2.09. The van der Waals surface area contributed by atoms with Crippen molar-refractivity contribution in [2.24, 2.45) is 4.99 Å². The number of likely N-dealkylation sites (tertiary alicyclic amines) is 1. The lowest BCUT2D eigenvalue weighted by atomic mass is 10.2. The van der Waals surface area contributed by atoms with Crippen LogP contribution in [0.25, 0.3) is 0 Å². The summed E-state index contributed by atoms with van der Waals surface area (Å²) in [5.41, 5.74) is 0. The monoisotopic (exact) mass is 312 g/mol. The van der Waals surface area contributed by atoms with E-state index in [1.807, 2.05) is 6.92 Å². The quantitative estimate of drug-likeness (QED) is 0.369. The van der Waals surface area contributed by atoms with Gasteiger partial charge in [0.1, 0.15) is 0 Å². The first-order valence-electron chi connectivity index (χ1n) is 9.19. The van der Waals surface area contributed by atoms with E-state index in [1.54, 1.807) is 0 Å². The minimum atomic E-state index is 0.790. The molecule has 0 atom stereocenters. The highest BCUT2D eigenvalue weighted by Gasteiger charge is 2.08. The first-order valence-corrected chi connectivity index (χ1v) is 9.19. The lowest BCUT2D eigenvalue weighted by Gasteiger charge is -2.20. The van der Waals surface area contributed by atoms with Gasteiger partial charge in [0.25, 0.3) is 0 Å². The van der Waals surface area contributed by atoms with Crippen molar-refractivity contribution < 1.29 is 4.74 Å². The van der Waals surface area contributed by atoms with Crippen LogP contribution in [-0.4, -0.2) is 63.3 Å². The van der Waals surface area contributed by atoms with E-state index >= 15 is 0 Å². The largest absolute Gasteiger partial charge is 0.382 e. The highest BCUT2D eigenvalue weighted by atomic mass is 16.5. The van der Waals surface area contributed by atoms with E-state index in [0.29, 0.717) is 0 Å². The number of aliphatic imine (C=N–C) groups is 1. The maximum atomic E-state index is 5.34. The number of nitrogens with one attached hydrogen (secondary N) is 2.